The van der Waals surface area contributed by atoms with Crippen LogP contribution in [0.2, 0.25) is 0 Å². The molecule has 3 nitrogen and oxygen atoms in total. The molecular formula is C16H27N3S. The summed E-state index contributed by atoms with van der Waals surface area (Å²) in [4.78, 5) is 8.97. The normalized spacial score (nSPS) is 31.4. The van der Waals surface area contributed by atoms with Crippen molar-refractivity contribution in [2.75, 3.05) is 6.54 Å². The predicted molar refractivity (Wildman–Crippen MR) is 85.3 cm³/mol. The largest absolute Gasteiger partial charge is 0.302 e. The average molecular weight is 293 g/mol. The second-order valence-electron chi connectivity index (χ2n) is 7.00. The number of hydrogen-bond donors (Lipinski definition) is 1. The molecule has 1 N–H and O–H groups in total. The van der Waals surface area contributed by atoms with Crippen molar-refractivity contribution in [1.82, 2.24) is 15.2 Å². The van der Waals surface area contributed by atoms with Crippen molar-refractivity contribution in [3.8, 4) is 0 Å². The van der Waals surface area contributed by atoms with Crippen LogP contribution in [0.5, 0.6) is 0 Å². The van der Waals surface area contributed by atoms with Crippen LogP contribution in [-0.2, 0) is 5.54 Å². The van der Waals surface area contributed by atoms with Crippen LogP contribution in [0, 0.1) is 13.8 Å². The minimum absolute atomic E-state index is 0.0693. The molecule has 112 valence electrons. The summed E-state index contributed by atoms with van der Waals surface area (Å²) in [6, 6.07) is 1.99. The quantitative estimate of drug-likeness (QED) is 0.924. The van der Waals surface area contributed by atoms with E-state index in [4.69, 9.17) is 4.98 Å². The zero-order chi connectivity index (χ0) is 14.5. The van der Waals surface area contributed by atoms with Crippen molar-refractivity contribution in [2.24, 2.45) is 0 Å². The van der Waals surface area contributed by atoms with Crippen LogP contribution < -0.4 is 5.32 Å². The molecule has 1 aromatic heterocycles. The number of aromatic nitrogens is 1. The third-order valence-electron chi connectivity index (χ3n) is 4.68. The van der Waals surface area contributed by atoms with Crippen molar-refractivity contribution < 1.29 is 0 Å². The van der Waals surface area contributed by atoms with E-state index in [0.717, 1.165) is 12.6 Å². The first-order valence-electron chi connectivity index (χ1n) is 7.89. The third-order valence-corrected chi connectivity index (χ3v) is 5.96. The highest BCUT2D eigenvalue weighted by Gasteiger charge is 2.49. The maximum Gasteiger partial charge on any atom is 0.115 e. The summed E-state index contributed by atoms with van der Waals surface area (Å²) in [6.07, 6.45) is 3.96. The molecule has 0 bridgehead atoms. The number of hydrogen-bond acceptors (Lipinski definition) is 4. The molecule has 2 unspecified atom stereocenters. The van der Waals surface area contributed by atoms with Crippen LogP contribution in [0.3, 0.4) is 0 Å². The summed E-state index contributed by atoms with van der Waals surface area (Å²) in [5.41, 5.74) is 1.27. The number of thiazole rings is 1. The molecule has 20 heavy (non-hydrogen) atoms. The van der Waals surface area contributed by atoms with Gasteiger partial charge in [-0.3, -0.25) is 4.90 Å². The Morgan fingerprint density at radius 1 is 1.35 bits per heavy atom. The Kier molecular flexibility index (Phi) is 3.68. The van der Waals surface area contributed by atoms with Gasteiger partial charge in [-0.25, -0.2) is 4.98 Å². The van der Waals surface area contributed by atoms with Crippen LogP contribution in [0.4, 0.5) is 0 Å². The van der Waals surface area contributed by atoms with Crippen molar-refractivity contribution >= 4 is 11.3 Å². The van der Waals surface area contributed by atoms with Gasteiger partial charge >= 0.3 is 0 Å². The Bertz CT molecular complexity index is 472. The second kappa shape index (κ2) is 5.08. The predicted octanol–water partition coefficient (Wildman–Crippen LogP) is 3.21. The Labute approximate surface area is 126 Å². The Morgan fingerprint density at radius 3 is 2.55 bits per heavy atom. The first-order chi connectivity index (χ1) is 9.41. The van der Waals surface area contributed by atoms with Gasteiger partial charge in [0.25, 0.3) is 0 Å². The van der Waals surface area contributed by atoms with Crippen LogP contribution >= 0.6 is 11.3 Å². The summed E-state index contributed by atoms with van der Waals surface area (Å²) in [5, 5.41) is 5.16. The van der Waals surface area contributed by atoms with Gasteiger partial charge in [0.05, 0.1) is 11.2 Å². The molecule has 0 amide bonds. The molecule has 2 atom stereocenters. The highest BCUT2D eigenvalue weighted by atomic mass is 32.1. The minimum atomic E-state index is 0.0693. The van der Waals surface area contributed by atoms with Gasteiger partial charge < -0.3 is 5.32 Å². The summed E-state index contributed by atoms with van der Waals surface area (Å²) < 4.78 is 0. The topological polar surface area (TPSA) is 28.2 Å². The monoisotopic (exact) mass is 293 g/mol. The Hall–Kier alpha value is -0.450. The molecule has 3 rings (SSSR count). The zero-order valence-corrected chi connectivity index (χ0v) is 14.2. The fourth-order valence-corrected chi connectivity index (χ4v) is 4.67. The summed E-state index contributed by atoms with van der Waals surface area (Å²) >= 11 is 1.89. The fourth-order valence-electron chi connectivity index (χ4n) is 3.60. The number of nitrogens with one attached hydrogen (secondary N) is 1. The molecular weight excluding hydrogens is 266 g/mol. The lowest BCUT2D eigenvalue weighted by Crippen LogP contribution is -2.48. The molecule has 1 aromatic rings. The van der Waals surface area contributed by atoms with Gasteiger partial charge in [-0.1, -0.05) is 0 Å². The molecule has 2 fully saturated rings. The SMILES string of the molecule is Cc1nc(C2(NC(C)C)CC(C)N(C3CC3)C2)sc1C. The molecule has 2 heterocycles. The van der Waals surface area contributed by atoms with Gasteiger partial charge in [-0.15, -0.1) is 11.3 Å². The first kappa shape index (κ1) is 14.5. The molecule has 1 saturated carbocycles. The lowest BCUT2D eigenvalue weighted by atomic mass is 9.96. The van der Waals surface area contributed by atoms with Gasteiger partial charge in [0.15, 0.2) is 0 Å². The average Bonchev–Trinajstić information content (AvgIpc) is 3.06. The number of likely N-dealkylation sites (tertiary alicyclic amines) is 1. The van der Waals surface area contributed by atoms with Gasteiger partial charge in [0, 0.05) is 29.5 Å². The lowest BCUT2D eigenvalue weighted by Gasteiger charge is -2.31. The maximum atomic E-state index is 4.90. The van der Waals surface area contributed by atoms with Gasteiger partial charge in [-0.2, -0.15) is 0 Å². The number of rotatable bonds is 4. The summed E-state index contributed by atoms with van der Waals surface area (Å²) in [7, 11) is 0. The molecule has 4 heteroatoms. The van der Waals surface area contributed by atoms with Crippen molar-refractivity contribution in [2.45, 2.75) is 77.5 Å². The van der Waals surface area contributed by atoms with E-state index < -0.39 is 0 Å². The van der Waals surface area contributed by atoms with Crippen molar-refractivity contribution in [3.63, 3.8) is 0 Å². The molecule has 1 aliphatic heterocycles. The fraction of sp³-hybridized carbons (Fsp3) is 0.812. The number of nitrogens with zero attached hydrogens (tertiary/aromatic N) is 2. The second-order valence-corrected chi connectivity index (χ2v) is 8.20. The summed E-state index contributed by atoms with van der Waals surface area (Å²) in [5.74, 6) is 0. The zero-order valence-electron chi connectivity index (χ0n) is 13.4. The highest BCUT2D eigenvalue weighted by Crippen LogP contribution is 2.43. The molecule has 0 aromatic carbocycles. The third kappa shape index (κ3) is 2.53. The van der Waals surface area contributed by atoms with Crippen LogP contribution in [0.25, 0.3) is 0 Å². The Morgan fingerprint density at radius 2 is 2.05 bits per heavy atom. The van der Waals surface area contributed by atoms with Crippen LogP contribution in [-0.4, -0.2) is 34.6 Å². The lowest BCUT2D eigenvalue weighted by molar-refractivity contribution is 0.235. The van der Waals surface area contributed by atoms with Crippen LogP contribution in [0.1, 0.15) is 55.6 Å². The first-order valence-corrected chi connectivity index (χ1v) is 8.71. The molecule has 1 saturated heterocycles. The van der Waals surface area contributed by atoms with E-state index in [2.05, 4.69) is 44.8 Å². The molecule has 0 spiro atoms. The van der Waals surface area contributed by atoms with E-state index in [1.807, 2.05) is 11.3 Å². The smallest absolute Gasteiger partial charge is 0.115 e. The van der Waals surface area contributed by atoms with E-state index in [-0.39, 0.29) is 5.54 Å². The van der Waals surface area contributed by atoms with E-state index in [1.54, 1.807) is 0 Å². The highest BCUT2D eigenvalue weighted by molar-refractivity contribution is 7.11. The van der Waals surface area contributed by atoms with Gasteiger partial charge in [0.2, 0.25) is 0 Å². The van der Waals surface area contributed by atoms with E-state index >= 15 is 0 Å². The van der Waals surface area contributed by atoms with E-state index in [1.165, 1.54) is 34.8 Å². The molecule has 0 radical (unpaired) electrons. The van der Waals surface area contributed by atoms with Crippen molar-refractivity contribution in [1.29, 1.82) is 0 Å². The van der Waals surface area contributed by atoms with Crippen molar-refractivity contribution in [3.05, 3.63) is 15.6 Å². The summed E-state index contributed by atoms with van der Waals surface area (Å²) in [6.45, 7) is 12.3. The van der Waals surface area contributed by atoms with Gasteiger partial charge in [0.1, 0.15) is 5.01 Å². The number of aryl methyl sites for hydroxylation is 2. The van der Waals surface area contributed by atoms with E-state index in [9.17, 15) is 0 Å². The standard InChI is InChI=1S/C16H27N3S/c1-10(2)18-16(15-17-12(4)13(5)20-15)8-11(3)19(9-16)14-6-7-14/h10-11,14,18H,6-9H2,1-5H3. The molecule has 1 aliphatic carbocycles. The van der Waals surface area contributed by atoms with E-state index in [0.29, 0.717) is 12.1 Å². The molecule has 2 aliphatic rings. The van der Waals surface area contributed by atoms with Gasteiger partial charge in [-0.05, 0) is 53.9 Å². The van der Waals surface area contributed by atoms with Crippen LogP contribution in [0.15, 0.2) is 0 Å². The Balaban J connectivity index is 1.93. The minimum Gasteiger partial charge on any atom is -0.302 e. The maximum absolute atomic E-state index is 4.90.